The molecule has 2 aromatic rings. The van der Waals surface area contributed by atoms with E-state index in [2.05, 4.69) is 49.6 Å². The van der Waals surface area contributed by atoms with Gasteiger partial charge in [0.15, 0.2) is 5.82 Å². The number of hydrogen-bond acceptors (Lipinski definition) is 4. The SMILES string of the molecule is Cc1noc(CCNC2CCc3cc(Br)ccc32)n1. The number of fused-ring (bicyclic) bond motifs is 1. The molecule has 0 spiro atoms. The Bertz CT molecular complexity index is 582. The summed E-state index contributed by atoms with van der Waals surface area (Å²) in [5.74, 6) is 1.41. The van der Waals surface area contributed by atoms with E-state index in [1.54, 1.807) is 0 Å². The average molecular weight is 322 g/mol. The average Bonchev–Trinajstić information content (AvgIpc) is 2.96. The smallest absolute Gasteiger partial charge is 0.227 e. The van der Waals surface area contributed by atoms with Crippen LogP contribution >= 0.6 is 15.9 Å². The highest BCUT2D eigenvalue weighted by molar-refractivity contribution is 9.10. The molecule has 0 aliphatic heterocycles. The molecule has 1 aliphatic rings. The molecule has 3 rings (SSSR count). The van der Waals surface area contributed by atoms with Gasteiger partial charge in [0.25, 0.3) is 0 Å². The maximum Gasteiger partial charge on any atom is 0.227 e. The van der Waals surface area contributed by atoms with Gasteiger partial charge in [-0.15, -0.1) is 0 Å². The summed E-state index contributed by atoms with van der Waals surface area (Å²) in [6, 6.07) is 6.99. The van der Waals surface area contributed by atoms with Crippen molar-refractivity contribution in [2.45, 2.75) is 32.2 Å². The first-order valence-corrected chi connectivity index (χ1v) is 7.32. The second-order valence-electron chi connectivity index (χ2n) is 4.87. The van der Waals surface area contributed by atoms with Gasteiger partial charge in [-0.1, -0.05) is 27.2 Å². The zero-order valence-electron chi connectivity index (χ0n) is 10.8. The maximum absolute atomic E-state index is 5.11. The van der Waals surface area contributed by atoms with Crippen molar-refractivity contribution >= 4 is 15.9 Å². The predicted octanol–water partition coefficient (Wildman–Crippen LogP) is 2.96. The van der Waals surface area contributed by atoms with Crippen molar-refractivity contribution in [3.63, 3.8) is 0 Å². The number of halogens is 1. The zero-order chi connectivity index (χ0) is 13.2. The van der Waals surface area contributed by atoms with Crippen LogP contribution in [0.2, 0.25) is 0 Å². The fourth-order valence-electron chi connectivity index (χ4n) is 2.59. The van der Waals surface area contributed by atoms with E-state index < -0.39 is 0 Å². The molecule has 1 N–H and O–H groups in total. The third-order valence-electron chi connectivity index (χ3n) is 3.48. The van der Waals surface area contributed by atoms with Crippen molar-refractivity contribution in [1.82, 2.24) is 15.5 Å². The lowest BCUT2D eigenvalue weighted by molar-refractivity contribution is 0.369. The van der Waals surface area contributed by atoms with E-state index in [4.69, 9.17) is 4.52 Å². The number of rotatable bonds is 4. The normalized spacial score (nSPS) is 17.7. The molecule has 19 heavy (non-hydrogen) atoms. The van der Waals surface area contributed by atoms with Crippen molar-refractivity contribution in [1.29, 1.82) is 0 Å². The van der Waals surface area contributed by atoms with Gasteiger partial charge in [0.05, 0.1) is 0 Å². The first-order valence-electron chi connectivity index (χ1n) is 6.53. The molecule has 0 fully saturated rings. The van der Waals surface area contributed by atoms with Crippen molar-refractivity contribution in [3.8, 4) is 0 Å². The van der Waals surface area contributed by atoms with Crippen molar-refractivity contribution in [2.24, 2.45) is 0 Å². The highest BCUT2D eigenvalue weighted by Gasteiger charge is 2.21. The summed E-state index contributed by atoms with van der Waals surface area (Å²) in [4.78, 5) is 4.21. The third kappa shape index (κ3) is 2.87. The number of nitrogens with zero attached hydrogens (tertiary/aromatic N) is 2. The molecule has 0 saturated heterocycles. The summed E-state index contributed by atoms with van der Waals surface area (Å²) in [6.07, 6.45) is 3.09. The molecule has 4 nitrogen and oxygen atoms in total. The van der Waals surface area contributed by atoms with Crippen LogP contribution in [0.25, 0.3) is 0 Å². The van der Waals surface area contributed by atoms with E-state index in [1.165, 1.54) is 11.1 Å². The van der Waals surface area contributed by atoms with E-state index in [0.717, 1.165) is 30.3 Å². The molecule has 1 aromatic heterocycles. The quantitative estimate of drug-likeness (QED) is 0.940. The van der Waals surface area contributed by atoms with Gasteiger partial charge in [0, 0.05) is 23.5 Å². The molecule has 0 amide bonds. The second-order valence-corrected chi connectivity index (χ2v) is 5.79. The van der Waals surface area contributed by atoms with Crippen LogP contribution in [0.1, 0.15) is 35.3 Å². The monoisotopic (exact) mass is 321 g/mol. The Labute approximate surface area is 120 Å². The van der Waals surface area contributed by atoms with E-state index >= 15 is 0 Å². The van der Waals surface area contributed by atoms with Crippen molar-refractivity contribution < 1.29 is 4.52 Å². The molecular formula is C14H16BrN3O. The minimum Gasteiger partial charge on any atom is -0.339 e. The number of aromatic nitrogens is 2. The summed E-state index contributed by atoms with van der Waals surface area (Å²) in [6.45, 7) is 2.70. The van der Waals surface area contributed by atoms with E-state index in [0.29, 0.717) is 17.8 Å². The summed E-state index contributed by atoms with van der Waals surface area (Å²) >= 11 is 3.52. The van der Waals surface area contributed by atoms with Gasteiger partial charge >= 0.3 is 0 Å². The molecule has 1 aliphatic carbocycles. The summed E-state index contributed by atoms with van der Waals surface area (Å²) in [7, 11) is 0. The van der Waals surface area contributed by atoms with Gasteiger partial charge < -0.3 is 9.84 Å². The Morgan fingerprint density at radius 1 is 1.47 bits per heavy atom. The predicted molar refractivity (Wildman–Crippen MR) is 75.9 cm³/mol. The van der Waals surface area contributed by atoms with Crippen LogP contribution in [0.4, 0.5) is 0 Å². The summed E-state index contributed by atoms with van der Waals surface area (Å²) in [5, 5.41) is 7.37. The third-order valence-corrected chi connectivity index (χ3v) is 3.98. The second kappa shape index (κ2) is 5.43. The van der Waals surface area contributed by atoms with Gasteiger partial charge in [-0.3, -0.25) is 0 Å². The van der Waals surface area contributed by atoms with E-state index in [1.807, 2.05) is 6.92 Å². The van der Waals surface area contributed by atoms with Gasteiger partial charge in [-0.05, 0) is 43.0 Å². The fraction of sp³-hybridized carbons (Fsp3) is 0.429. The zero-order valence-corrected chi connectivity index (χ0v) is 12.4. The van der Waals surface area contributed by atoms with Gasteiger partial charge in [0.2, 0.25) is 5.89 Å². The van der Waals surface area contributed by atoms with E-state index in [9.17, 15) is 0 Å². The van der Waals surface area contributed by atoms with Crippen LogP contribution in [0.3, 0.4) is 0 Å². The largest absolute Gasteiger partial charge is 0.339 e. The van der Waals surface area contributed by atoms with E-state index in [-0.39, 0.29) is 0 Å². The van der Waals surface area contributed by atoms with Crippen LogP contribution in [-0.4, -0.2) is 16.7 Å². The Morgan fingerprint density at radius 2 is 2.37 bits per heavy atom. The molecule has 0 radical (unpaired) electrons. The maximum atomic E-state index is 5.11. The molecule has 5 heteroatoms. The lowest BCUT2D eigenvalue weighted by Gasteiger charge is -2.13. The Morgan fingerprint density at radius 3 is 3.16 bits per heavy atom. The Kier molecular flexibility index (Phi) is 3.66. The number of hydrogen-bond donors (Lipinski definition) is 1. The van der Waals surface area contributed by atoms with Gasteiger partial charge in [-0.2, -0.15) is 4.98 Å². The Hall–Kier alpha value is -1.20. The number of aryl methyl sites for hydroxylation is 2. The van der Waals surface area contributed by atoms with Crippen LogP contribution in [0, 0.1) is 6.92 Å². The molecule has 100 valence electrons. The molecule has 0 bridgehead atoms. The highest BCUT2D eigenvalue weighted by atomic mass is 79.9. The molecule has 0 saturated carbocycles. The summed E-state index contributed by atoms with van der Waals surface area (Å²) in [5.41, 5.74) is 2.87. The number of benzene rings is 1. The standard InChI is InChI=1S/C14H16BrN3O/c1-9-17-14(19-18-9)6-7-16-13-5-2-10-8-11(15)3-4-12(10)13/h3-4,8,13,16H,2,5-7H2,1H3. The van der Waals surface area contributed by atoms with Crippen LogP contribution in [-0.2, 0) is 12.8 Å². The lowest BCUT2D eigenvalue weighted by Crippen LogP contribution is -2.22. The first-order chi connectivity index (χ1) is 9.22. The topological polar surface area (TPSA) is 51.0 Å². The molecule has 1 heterocycles. The fourth-order valence-corrected chi connectivity index (χ4v) is 3.00. The first kappa shape index (κ1) is 12.8. The summed E-state index contributed by atoms with van der Waals surface area (Å²) < 4.78 is 6.27. The molecule has 1 atom stereocenters. The van der Waals surface area contributed by atoms with Crippen molar-refractivity contribution in [3.05, 3.63) is 45.5 Å². The number of nitrogens with one attached hydrogen (secondary N) is 1. The lowest BCUT2D eigenvalue weighted by atomic mass is 10.1. The molecule has 1 aromatic carbocycles. The van der Waals surface area contributed by atoms with Gasteiger partial charge in [-0.25, -0.2) is 0 Å². The van der Waals surface area contributed by atoms with Crippen LogP contribution < -0.4 is 5.32 Å². The molecule has 1 unspecified atom stereocenters. The van der Waals surface area contributed by atoms with Crippen LogP contribution in [0.15, 0.2) is 27.2 Å². The van der Waals surface area contributed by atoms with Gasteiger partial charge in [0.1, 0.15) is 0 Å². The highest BCUT2D eigenvalue weighted by Crippen LogP contribution is 2.32. The molecular weight excluding hydrogens is 306 g/mol. The van der Waals surface area contributed by atoms with Crippen LogP contribution in [0.5, 0.6) is 0 Å². The van der Waals surface area contributed by atoms with Crippen molar-refractivity contribution in [2.75, 3.05) is 6.54 Å². The minimum atomic E-state index is 0.451. The minimum absolute atomic E-state index is 0.451. The Balaban J connectivity index is 1.58.